The molecule has 0 saturated carbocycles. The van der Waals surface area contributed by atoms with Gasteiger partial charge in [0.05, 0.1) is 6.61 Å². The number of nitrogens with zero attached hydrogens (tertiary/aromatic N) is 1. The van der Waals surface area contributed by atoms with E-state index in [0.717, 1.165) is 33.2 Å². The van der Waals surface area contributed by atoms with E-state index in [-0.39, 0.29) is 5.97 Å². The van der Waals surface area contributed by atoms with E-state index in [1.807, 2.05) is 78.2 Å². The fourth-order valence-electron chi connectivity index (χ4n) is 4.46. The van der Waals surface area contributed by atoms with Crippen LogP contribution in [0.1, 0.15) is 23.0 Å². The Morgan fingerprint density at radius 1 is 0.794 bits per heavy atom. The molecule has 0 unspecified atom stereocenters. The molecule has 0 saturated heterocycles. The van der Waals surface area contributed by atoms with Gasteiger partial charge in [-0.3, -0.25) is 0 Å². The van der Waals surface area contributed by atoms with Crippen molar-refractivity contribution in [2.45, 2.75) is 13.5 Å². The second-order valence-corrected chi connectivity index (χ2v) is 8.24. The number of carbonyl (C=O) groups is 1. The number of carbonyl (C=O) groups excluding carboxylic acids is 1. The summed E-state index contributed by atoms with van der Waals surface area (Å²) in [5.41, 5.74) is 13.5. The first-order valence-electron chi connectivity index (χ1n) is 11.4. The number of aromatic nitrogens is 1. The minimum atomic E-state index is -0.336. The zero-order chi connectivity index (χ0) is 23.5. The normalized spacial score (nSPS) is 11.0. The van der Waals surface area contributed by atoms with Crippen molar-refractivity contribution in [1.82, 2.24) is 4.57 Å². The summed E-state index contributed by atoms with van der Waals surface area (Å²) < 4.78 is 7.56. The van der Waals surface area contributed by atoms with Crippen LogP contribution in [0.25, 0.3) is 33.2 Å². The third-order valence-electron chi connectivity index (χ3n) is 6.02. The van der Waals surface area contributed by atoms with Crippen LogP contribution < -0.4 is 5.73 Å². The van der Waals surface area contributed by atoms with Crippen molar-refractivity contribution in [3.05, 3.63) is 114 Å². The first kappa shape index (κ1) is 21.5. The highest BCUT2D eigenvalue weighted by molar-refractivity contribution is 6.09. The molecule has 0 bridgehead atoms. The summed E-state index contributed by atoms with van der Waals surface area (Å²) in [5.74, 6) is -0.336. The highest BCUT2D eigenvalue weighted by Crippen LogP contribution is 2.37. The smallest absolute Gasteiger partial charge is 0.355 e. The van der Waals surface area contributed by atoms with Crippen molar-refractivity contribution in [1.29, 1.82) is 0 Å². The van der Waals surface area contributed by atoms with Gasteiger partial charge in [-0.1, -0.05) is 84.9 Å². The molecule has 34 heavy (non-hydrogen) atoms. The molecular weight excluding hydrogens is 420 g/mol. The monoisotopic (exact) mass is 446 g/mol. The summed E-state index contributed by atoms with van der Waals surface area (Å²) in [6.45, 7) is 2.67. The molecule has 0 fully saturated rings. The van der Waals surface area contributed by atoms with E-state index in [0.29, 0.717) is 24.5 Å². The summed E-state index contributed by atoms with van der Waals surface area (Å²) in [6, 6.07) is 34.5. The Hall–Kier alpha value is -4.31. The molecule has 168 valence electrons. The van der Waals surface area contributed by atoms with Crippen LogP contribution >= 0.6 is 0 Å². The van der Waals surface area contributed by atoms with Gasteiger partial charge in [-0.05, 0) is 47.4 Å². The van der Waals surface area contributed by atoms with Crippen LogP contribution in [0.15, 0.2) is 103 Å². The van der Waals surface area contributed by atoms with Crippen LogP contribution in [0, 0.1) is 0 Å². The second kappa shape index (κ2) is 9.28. The molecule has 5 aromatic rings. The number of benzene rings is 4. The molecule has 5 rings (SSSR count). The van der Waals surface area contributed by atoms with Gasteiger partial charge in [0.25, 0.3) is 0 Å². The van der Waals surface area contributed by atoms with E-state index in [2.05, 4.69) is 36.4 Å². The maximum atomic E-state index is 13.3. The van der Waals surface area contributed by atoms with Gasteiger partial charge in [0.15, 0.2) is 0 Å². The number of anilines is 1. The molecular formula is C30H26N2O2. The van der Waals surface area contributed by atoms with Gasteiger partial charge in [0, 0.05) is 28.7 Å². The minimum Gasteiger partial charge on any atom is -0.461 e. The molecule has 0 atom stereocenters. The topological polar surface area (TPSA) is 57.2 Å². The van der Waals surface area contributed by atoms with Gasteiger partial charge < -0.3 is 15.0 Å². The highest BCUT2D eigenvalue weighted by Gasteiger charge is 2.25. The molecule has 0 spiro atoms. The number of fused-ring (bicyclic) bond motifs is 1. The number of rotatable bonds is 6. The van der Waals surface area contributed by atoms with Crippen molar-refractivity contribution in [2.24, 2.45) is 0 Å². The Kier molecular flexibility index (Phi) is 5.88. The fourth-order valence-corrected chi connectivity index (χ4v) is 4.46. The summed E-state index contributed by atoms with van der Waals surface area (Å²) in [4.78, 5) is 13.3. The standard InChI is InChI=1S/C30H26N2O2/c1-2-34-30(33)29-28(24-11-7-4-8-12-24)26-19-25(31)17-18-27(26)32(29)20-21-13-15-23(16-14-21)22-9-5-3-6-10-22/h3-19H,2,20,31H2,1H3. The minimum absolute atomic E-state index is 0.308. The molecule has 1 heterocycles. The number of ether oxygens (including phenoxy) is 1. The van der Waals surface area contributed by atoms with Crippen molar-refractivity contribution in [3.63, 3.8) is 0 Å². The number of nitrogens with two attached hydrogens (primary N) is 1. The predicted molar refractivity (Wildman–Crippen MR) is 139 cm³/mol. The van der Waals surface area contributed by atoms with Crippen LogP contribution in [0.3, 0.4) is 0 Å². The van der Waals surface area contributed by atoms with Gasteiger partial charge in [-0.15, -0.1) is 0 Å². The van der Waals surface area contributed by atoms with Gasteiger partial charge >= 0.3 is 5.97 Å². The van der Waals surface area contributed by atoms with Crippen LogP contribution in [0.4, 0.5) is 5.69 Å². The number of nitrogen functional groups attached to an aromatic ring is 1. The van der Waals surface area contributed by atoms with E-state index < -0.39 is 0 Å². The van der Waals surface area contributed by atoms with Crippen LogP contribution in [-0.4, -0.2) is 17.1 Å². The van der Waals surface area contributed by atoms with E-state index in [1.165, 1.54) is 5.56 Å². The quantitative estimate of drug-likeness (QED) is 0.231. The molecule has 0 aliphatic carbocycles. The van der Waals surface area contributed by atoms with Crippen molar-refractivity contribution >= 4 is 22.6 Å². The SMILES string of the molecule is CCOC(=O)c1c(-c2ccccc2)c2cc(N)ccc2n1Cc1ccc(-c2ccccc2)cc1. The average molecular weight is 447 g/mol. The number of esters is 1. The van der Waals surface area contributed by atoms with E-state index in [4.69, 9.17) is 10.5 Å². The first-order chi connectivity index (χ1) is 16.7. The molecule has 0 amide bonds. The fraction of sp³-hybridized carbons (Fsp3) is 0.100. The summed E-state index contributed by atoms with van der Waals surface area (Å²) >= 11 is 0. The lowest BCUT2D eigenvalue weighted by Gasteiger charge is -2.12. The zero-order valence-corrected chi connectivity index (χ0v) is 19.1. The number of hydrogen-bond acceptors (Lipinski definition) is 3. The third kappa shape index (κ3) is 4.06. The molecule has 0 aliphatic heterocycles. The largest absolute Gasteiger partial charge is 0.461 e. The highest BCUT2D eigenvalue weighted by atomic mass is 16.5. The van der Waals surface area contributed by atoms with E-state index >= 15 is 0 Å². The molecule has 4 nitrogen and oxygen atoms in total. The van der Waals surface area contributed by atoms with Gasteiger partial charge in [0.2, 0.25) is 0 Å². The van der Waals surface area contributed by atoms with Crippen molar-refractivity contribution in [3.8, 4) is 22.3 Å². The Morgan fingerprint density at radius 3 is 2.06 bits per heavy atom. The van der Waals surface area contributed by atoms with Crippen LogP contribution in [0.2, 0.25) is 0 Å². The predicted octanol–water partition coefficient (Wildman–Crippen LogP) is 6.78. The maximum Gasteiger partial charge on any atom is 0.355 e. The number of hydrogen-bond donors (Lipinski definition) is 1. The average Bonchev–Trinajstić information content (AvgIpc) is 3.19. The van der Waals surface area contributed by atoms with Gasteiger partial charge in [-0.2, -0.15) is 0 Å². The maximum absolute atomic E-state index is 13.3. The molecule has 4 aromatic carbocycles. The Bertz CT molecular complexity index is 1440. The van der Waals surface area contributed by atoms with Crippen LogP contribution in [0.5, 0.6) is 0 Å². The molecule has 4 heteroatoms. The summed E-state index contributed by atoms with van der Waals surface area (Å²) in [7, 11) is 0. The van der Waals surface area contributed by atoms with Gasteiger partial charge in [0.1, 0.15) is 5.69 Å². The Labute approximate surface area is 199 Å². The lowest BCUT2D eigenvalue weighted by atomic mass is 10.0. The lowest BCUT2D eigenvalue weighted by Crippen LogP contribution is -2.14. The van der Waals surface area contributed by atoms with Gasteiger partial charge in [-0.25, -0.2) is 4.79 Å². The van der Waals surface area contributed by atoms with Crippen molar-refractivity contribution < 1.29 is 9.53 Å². The Morgan fingerprint density at radius 2 is 1.41 bits per heavy atom. The molecule has 0 aliphatic rings. The zero-order valence-electron chi connectivity index (χ0n) is 19.1. The first-order valence-corrected chi connectivity index (χ1v) is 11.4. The Balaban J connectivity index is 1.66. The van der Waals surface area contributed by atoms with E-state index in [9.17, 15) is 4.79 Å². The molecule has 2 N–H and O–H groups in total. The lowest BCUT2D eigenvalue weighted by molar-refractivity contribution is 0.0516. The molecule has 0 radical (unpaired) electrons. The summed E-state index contributed by atoms with van der Waals surface area (Å²) in [5, 5.41) is 0.940. The molecule has 1 aromatic heterocycles. The van der Waals surface area contributed by atoms with E-state index in [1.54, 1.807) is 0 Å². The van der Waals surface area contributed by atoms with Crippen molar-refractivity contribution in [2.75, 3.05) is 12.3 Å². The summed E-state index contributed by atoms with van der Waals surface area (Å²) in [6.07, 6.45) is 0. The van der Waals surface area contributed by atoms with Crippen LogP contribution in [-0.2, 0) is 11.3 Å². The second-order valence-electron chi connectivity index (χ2n) is 8.24. The third-order valence-corrected chi connectivity index (χ3v) is 6.02.